The Balaban J connectivity index is 0.00000225. The van der Waals surface area contributed by atoms with Crippen LogP contribution in [0.2, 0.25) is 0 Å². The standard InChI is InChI=1S/C18H25BrN4O.HI/c1-20-18(22-16-4-2-3-5-16)21-13-14-6-7-15(19)12-17(14)23-8-10-24-11-9-23;/h2-3,6-7,12,16H,4-5,8-11,13H2,1H3,(H2,20,21,22);1H. The molecule has 0 bridgehead atoms. The third-order valence-electron chi connectivity index (χ3n) is 4.42. The van der Waals surface area contributed by atoms with Crippen LogP contribution in [0.25, 0.3) is 0 Å². The van der Waals surface area contributed by atoms with Gasteiger partial charge in [0.2, 0.25) is 0 Å². The van der Waals surface area contributed by atoms with Gasteiger partial charge in [-0.15, -0.1) is 24.0 Å². The van der Waals surface area contributed by atoms with E-state index in [0.29, 0.717) is 6.04 Å². The maximum Gasteiger partial charge on any atom is 0.191 e. The maximum absolute atomic E-state index is 5.48. The Labute approximate surface area is 175 Å². The fourth-order valence-corrected chi connectivity index (χ4v) is 3.44. The second-order valence-electron chi connectivity index (χ2n) is 6.08. The Kier molecular flexibility index (Phi) is 8.51. The molecule has 2 N–H and O–H groups in total. The highest BCUT2D eigenvalue weighted by Gasteiger charge is 2.16. The van der Waals surface area contributed by atoms with Crippen LogP contribution in [0.5, 0.6) is 0 Å². The highest BCUT2D eigenvalue weighted by Crippen LogP contribution is 2.26. The third kappa shape index (κ3) is 5.86. The van der Waals surface area contributed by atoms with Crippen LogP contribution in [0.4, 0.5) is 5.69 Å². The zero-order valence-electron chi connectivity index (χ0n) is 14.5. The molecule has 0 saturated carbocycles. The van der Waals surface area contributed by atoms with Crippen molar-refractivity contribution in [3.8, 4) is 0 Å². The topological polar surface area (TPSA) is 48.9 Å². The van der Waals surface area contributed by atoms with Crippen LogP contribution in [-0.4, -0.2) is 45.4 Å². The summed E-state index contributed by atoms with van der Waals surface area (Å²) >= 11 is 3.59. The number of nitrogens with one attached hydrogen (secondary N) is 2. The second kappa shape index (κ2) is 10.4. The summed E-state index contributed by atoms with van der Waals surface area (Å²) in [6.07, 6.45) is 6.57. The first-order chi connectivity index (χ1) is 11.8. The largest absolute Gasteiger partial charge is 0.378 e. The van der Waals surface area contributed by atoms with E-state index >= 15 is 0 Å². The van der Waals surface area contributed by atoms with Crippen molar-refractivity contribution < 1.29 is 4.74 Å². The lowest BCUT2D eigenvalue weighted by Crippen LogP contribution is -2.42. The number of rotatable bonds is 4. The van der Waals surface area contributed by atoms with Gasteiger partial charge in [0.25, 0.3) is 0 Å². The lowest BCUT2D eigenvalue weighted by molar-refractivity contribution is 0.122. The summed E-state index contributed by atoms with van der Waals surface area (Å²) in [7, 11) is 1.82. The number of hydrogen-bond acceptors (Lipinski definition) is 3. The molecule has 0 atom stereocenters. The van der Waals surface area contributed by atoms with Gasteiger partial charge in [-0.2, -0.15) is 0 Å². The van der Waals surface area contributed by atoms with Gasteiger partial charge in [-0.25, -0.2) is 0 Å². The smallest absolute Gasteiger partial charge is 0.191 e. The van der Waals surface area contributed by atoms with Gasteiger partial charge in [0, 0.05) is 42.9 Å². The molecule has 1 aromatic carbocycles. The second-order valence-corrected chi connectivity index (χ2v) is 7.00. The van der Waals surface area contributed by atoms with E-state index in [4.69, 9.17) is 4.74 Å². The van der Waals surface area contributed by atoms with Crippen LogP contribution in [0.3, 0.4) is 0 Å². The number of halogens is 2. The lowest BCUT2D eigenvalue weighted by Gasteiger charge is -2.31. The molecule has 0 unspecified atom stereocenters. The average molecular weight is 521 g/mol. The predicted molar refractivity (Wildman–Crippen MR) is 118 cm³/mol. The Bertz CT molecular complexity index is 609. The van der Waals surface area contributed by atoms with Crippen LogP contribution in [0, 0.1) is 0 Å². The molecule has 7 heteroatoms. The van der Waals surface area contributed by atoms with Gasteiger partial charge in [-0.1, -0.05) is 34.1 Å². The van der Waals surface area contributed by atoms with Crippen LogP contribution in [0.15, 0.2) is 39.8 Å². The minimum atomic E-state index is 0. The molecule has 1 aliphatic carbocycles. The van der Waals surface area contributed by atoms with Crippen molar-refractivity contribution in [3.05, 3.63) is 40.4 Å². The molecule has 0 aromatic heterocycles. The zero-order chi connectivity index (χ0) is 16.8. The van der Waals surface area contributed by atoms with Crippen molar-refractivity contribution in [2.24, 2.45) is 4.99 Å². The van der Waals surface area contributed by atoms with E-state index in [1.54, 1.807) is 0 Å². The van der Waals surface area contributed by atoms with Gasteiger partial charge in [0.05, 0.1) is 13.2 Å². The fourth-order valence-electron chi connectivity index (χ4n) is 3.09. The number of morpholine rings is 1. The van der Waals surface area contributed by atoms with Crippen molar-refractivity contribution >= 4 is 51.6 Å². The van der Waals surface area contributed by atoms with E-state index < -0.39 is 0 Å². The first-order valence-corrected chi connectivity index (χ1v) is 9.29. The summed E-state index contributed by atoms with van der Waals surface area (Å²) in [5.41, 5.74) is 2.53. The van der Waals surface area contributed by atoms with E-state index in [-0.39, 0.29) is 24.0 Å². The first-order valence-electron chi connectivity index (χ1n) is 8.49. The summed E-state index contributed by atoms with van der Waals surface area (Å²) in [5, 5.41) is 6.93. The van der Waals surface area contributed by atoms with Crippen LogP contribution >= 0.6 is 39.9 Å². The van der Waals surface area contributed by atoms with E-state index in [1.807, 2.05) is 7.05 Å². The number of benzene rings is 1. The highest BCUT2D eigenvalue weighted by atomic mass is 127. The minimum Gasteiger partial charge on any atom is -0.378 e. The maximum atomic E-state index is 5.48. The van der Waals surface area contributed by atoms with Crippen LogP contribution in [0.1, 0.15) is 18.4 Å². The Morgan fingerprint density at radius 3 is 2.68 bits per heavy atom. The zero-order valence-corrected chi connectivity index (χ0v) is 18.4. The Morgan fingerprint density at radius 2 is 2.00 bits per heavy atom. The molecule has 0 radical (unpaired) electrons. The molecular weight excluding hydrogens is 495 g/mol. The van der Waals surface area contributed by atoms with Crippen LogP contribution < -0.4 is 15.5 Å². The summed E-state index contributed by atoms with van der Waals surface area (Å²) in [6.45, 7) is 4.20. The quantitative estimate of drug-likeness (QED) is 0.277. The van der Waals surface area contributed by atoms with E-state index in [1.165, 1.54) is 11.3 Å². The van der Waals surface area contributed by atoms with Gasteiger partial charge in [-0.3, -0.25) is 4.99 Å². The normalized spacial score (nSPS) is 18.2. The Morgan fingerprint density at radius 1 is 1.28 bits per heavy atom. The number of ether oxygens (including phenoxy) is 1. The first kappa shape index (κ1) is 20.5. The molecule has 5 nitrogen and oxygen atoms in total. The van der Waals surface area contributed by atoms with Crippen molar-refractivity contribution in [2.75, 3.05) is 38.3 Å². The third-order valence-corrected chi connectivity index (χ3v) is 4.91. The monoisotopic (exact) mass is 520 g/mol. The molecule has 1 saturated heterocycles. The van der Waals surface area contributed by atoms with Crippen molar-refractivity contribution in [1.82, 2.24) is 10.6 Å². The number of hydrogen-bond donors (Lipinski definition) is 2. The van der Waals surface area contributed by atoms with Gasteiger partial charge >= 0.3 is 0 Å². The van der Waals surface area contributed by atoms with Gasteiger partial charge in [-0.05, 0) is 30.5 Å². The van der Waals surface area contributed by atoms with E-state index in [0.717, 1.165) is 56.1 Å². The molecule has 138 valence electrons. The molecule has 1 heterocycles. The predicted octanol–water partition coefficient (Wildman–Crippen LogP) is 3.29. The van der Waals surface area contributed by atoms with E-state index in [9.17, 15) is 0 Å². The SMILES string of the molecule is CN=C(NCc1ccc(Br)cc1N1CCOCC1)NC1CC=CC1.I. The summed E-state index contributed by atoms with van der Waals surface area (Å²) < 4.78 is 6.58. The summed E-state index contributed by atoms with van der Waals surface area (Å²) in [6, 6.07) is 6.92. The fraction of sp³-hybridized carbons (Fsp3) is 0.500. The molecule has 1 aromatic rings. The van der Waals surface area contributed by atoms with E-state index in [2.05, 4.69) is 66.8 Å². The molecule has 2 aliphatic rings. The molecule has 0 amide bonds. The molecule has 0 spiro atoms. The summed E-state index contributed by atoms with van der Waals surface area (Å²) in [5.74, 6) is 0.861. The van der Waals surface area contributed by atoms with Gasteiger partial charge in [0.15, 0.2) is 5.96 Å². The minimum absolute atomic E-state index is 0. The molecule has 1 fully saturated rings. The van der Waals surface area contributed by atoms with Gasteiger partial charge < -0.3 is 20.3 Å². The lowest BCUT2D eigenvalue weighted by atomic mass is 10.1. The molecule has 1 aliphatic heterocycles. The number of guanidine groups is 1. The molecule has 25 heavy (non-hydrogen) atoms. The van der Waals surface area contributed by atoms with Crippen molar-refractivity contribution in [1.29, 1.82) is 0 Å². The van der Waals surface area contributed by atoms with Gasteiger partial charge in [0.1, 0.15) is 0 Å². The number of nitrogens with zero attached hydrogens (tertiary/aromatic N) is 2. The average Bonchev–Trinajstić information content (AvgIpc) is 3.13. The Hall–Kier alpha value is -0.800. The van der Waals surface area contributed by atoms with Crippen LogP contribution in [-0.2, 0) is 11.3 Å². The molecular formula is C18H26BrIN4O. The molecule has 3 rings (SSSR count). The number of aliphatic imine (C=N–C) groups is 1. The summed E-state index contributed by atoms with van der Waals surface area (Å²) in [4.78, 5) is 6.74. The van der Waals surface area contributed by atoms with Crippen molar-refractivity contribution in [3.63, 3.8) is 0 Å². The highest BCUT2D eigenvalue weighted by molar-refractivity contribution is 14.0. The number of anilines is 1. The van der Waals surface area contributed by atoms with Crippen molar-refractivity contribution in [2.45, 2.75) is 25.4 Å².